The molecule has 0 spiro atoms. The number of epoxide rings is 1. The van der Waals surface area contributed by atoms with Gasteiger partial charge in [-0.15, -0.1) is 0 Å². The first-order valence-electron chi connectivity index (χ1n) is 20.8. The van der Waals surface area contributed by atoms with Crippen LogP contribution in [0.15, 0.2) is 72.8 Å². The lowest BCUT2D eigenvalue weighted by atomic mass is 10.0. The van der Waals surface area contributed by atoms with E-state index in [4.69, 9.17) is 52.1 Å². The van der Waals surface area contributed by atoms with Crippen molar-refractivity contribution in [1.82, 2.24) is 0 Å². The number of carbonyl (C=O) groups excluding carboxylic acids is 4. The number of carbonyl (C=O) groups is 4. The standard InChI is InChI=1S/C46H54O16/c1-31(48)61-36-15-11-33(12-16-36)44(50)54-25-39-42-43(59-29-56-39)40(57-30-58-42)26-55-45(51)34-13-17-37(18-14-34)62-41(49)20-10-32-9-19-38(35(23-32)24-47)53-22-8-6-4-3-5-7-21-52-27-46(2)28-60-46/h9-20,23,39-40,42-43,47H,3-8,21-22,24-30H2,1-2H3. The molecule has 5 unspecified atom stereocenters. The smallest absolute Gasteiger partial charge is 0.338 e. The van der Waals surface area contributed by atoms with E-state index >= 15 is 0 Å². The zero-order valence-electron chi connectivity index (χ0n) is 35.0. The Hall–Kier alpha value is -5.20. The Morgan fingerprint density at radius 3 is 1.82 bits per heavy atom. The summed E-state index contributed by atoms with van der Waals surface area (Å²) in [4.78, 5) is 49.3. The monoisotopic (exact) mass is 862 g/mol. The molecule has 334 valence electrons. The molecule has 16 heteroatoms. The largest absolute Gasteiger partial charge is 0.493 e. The highest BCUT2D eigenvalue weighted by atomic mass is 16.8. The molecule has 0 aromatic heterocycles. The molecule has 3 fully saturated rings. The number of aliphatic hydroxyl groups is 1. The summed E-state index contributed by atoms with van der Waals surface area (Å²) in [6, 6.07) is 17.1. The van der Waals surface area contributed by atoms with Gasteiger partial charge in [-0.2, -0.15) is 0 Å². The average molecular weight is 863 g/mol. The van der Waals surface area contributed by atoms with Gasteiger partial charge in [-0.25, -0.2) is 14.4 Å². The SMILES string of the molecule is CC(=O)Oc1ccc(C(=O)OCC2OCOC3C(COC(=O)c4ccc(OC(=O)C=Cc5ccc(OCCCCCCCCOCC6(C)CO6)c(CO)c5)cc4)OCOC23)cc1. The first kappa shape index (κ1) is 46.3. The number of rotatable bonds is 23. The van der Waals surface area contributed by atoms with Gasteiger partial charge in [0, 0.05) is 25.2 Å². The lowest BCUT2D eigenvalue weighted by Crippen LogP contribution is -2.59. The van der Waals surface area contributed by atoms with Gasteiger partial charge in [0.25, 0.3) is 0 Å². The molecule has 3 aliphatic rings. The van der Waals surface area contributed by atoms with Crippen molar-refractivity contribution >= 4 is 30.0 Å². The van der Waals surface area contributed by atoms with Gasteiger partial charge >= 0.3 is 23.9 Å². The van der Waals surface area contributed by atoms with Gasteiger partial charge in [-0.1, -0.05) is 31.7 Å². The Morgan fingerprint density at radius 2 is 1.27 bits per heavy atom. The molecule has 0 radical (unpaired) electrons. The predicted molar refractivity (Wildman–Crippen MR) is 219 cm³/mol. The first-order valence-corrected chi connectivity index (χ1v) is 20.8. The molecule has 5 atom stereocenters. The fourth-order valence-electron chi connectivity index (χ4n) is 6.65. The third-order valence-electron chi connectivity index (χ3n) is 10.2. The van der Waals surface area contributed by atoms with Crippen molar-refractivity contribution in [2.24, 2.45) is 0 Å². The van der Waals surface area contributed by atoms with Crippen LogP contribution in [0.5, 0.6) is 17.2 Å². The third-order valence-corrected chi connectivity index (χ3v) is 10.2. The summed E-state index contributed by atoms with van der Waals surface area (Å²) in [7, 11) is 0. The second-order valence-corrected chi connectivity index (χ2v) is 15.3. The highest BCUT2D eigenvalue weighted by Gasteiger charge is 2.45. The summed E-state index contributed by atoms with van der Waals surface area (Å²) in [6.07, 6.45) is 6.55. The minimum absolute atomic E-state index is 0.0492. The number of fused-ring (bicyclic) bond motifs is 1. The molecule has 0 aliphatic carbocycles. The molecule has 3 heterocycles. The van der Waals surface area contributed by atoms with E-state index in [-0.39, 0.29) is 55.9 Å². The molecule has 0 bridgehead atoms. The number of hydrogen-bond acceptors (Lipinski definition) is 16. The van der Waals surface area contributed by atoms with E-state index in [9.17, 15) is 24.3 Å². The van der Waals surface area contributed by atoms with Crippen molar-refractivity contribution in [3.8, 4) is 17.2 Å². The van der Waals surface area contributed by atoms with Crippen LogP contribution in [0.25, 0.3) is 6.08 Å². The van der Waals surface area contributed by atoms with Gasteiger partial charge in [0.2, 0.25) is 0 Å². The highest BCUT2D eigenvalue weighted by molar-refractivity contribution is 5.91. The summed E-state index contributed by atoms with van der Waals surface area (Å²) in [5, 5.41) is 9.94. The Labute approximate surface area is 360 Å². The van der Waals surface area contributed by atoms with E-state index in [1.165, 1.54) is 61.5 Å². The van der Waals surface area contributed by atoms with Crippen LogP contribution in [0.2, 0.25) is 0 Å². The van der Waals surface area contributed by atoms with Gasteiger partial charge in [-0.05, 0) is 92.1 Å². The molecule has 1 N–H and O–H groups in total. The number of esters is 4. The van der Waals surface area contributed by atoms with Crippen LogP contribution in [0.1, 0.15) is 84.2 Å². The maximum Gasteiger partial charge on any atom is 0.338 e. The van der Waals surface area contributed by atoms with Gasteiger partial charge < -0.3 is 57.2 Å². The van der Waals surface area contributed by atoms with Crippen molar-refractivity contribution in [3.63, 3.8) is 0 Å². The zero-order chi connectivity index (χ0) is 43.7. The number of aliphatic hydroxyl groups excluding tert-OH is 1. The van der Waals surface area contributed by atoms with E-state index in [0.29, 0.717) is 35.8 Å². The Kier molecular flexibility index (Phi) is 17.4. The van der Waals surface area contributed by atoms with Crippen LogP contribution in [0.3, 0.4) is 0 Å². The Morgan fingerprint density at radius 1 is 0.726 bits per heavy atom. The highest BCUT2D eigenvalue weighted by Crippen LogP contribution is 2.28. The Balaban J connectivity index is 0.874. The van der Waals surface area contributed by atoms with Crippen LogP contribution >= 0.6 is 0 Å². The molecule has 3 aromatic rings. The third kappa shape index (κ3) is 14.4. The van der Waals surface area contributed by atoms with E-state index in [1.54, 1.807) is 24.3 Å². The fraction of sp³-hybridized carbons (Fsp3) is 0.478. The van der Waals surface area contributed by atoms with E-state index in [2.05, 4.69) is 6.92 Å². The summed E-state index contributed by atoms with van der Waals surface area (Å²) >= 11 is 0. The fourth-order valence-corrected chi connectivity index (χ4v) is 6.65. The van der Waals surface area contributed by atoms with Crippen LogP contribution < -0.4 is 14.2 Å². The second kappa shape index (κ2) is 23.3. The van der Waals surface area contributed by atoms with E-state index in [1.807, 2.05) is 0 Å². The summed E-state index contributed by atoms with van der Waals surface area (Å²) in [5.41, 5.74) is 1.72. The summed E-state index contributed by atoms with van der Waals surface area (Å²) in [6.45, 7) is 5.34. The van der Waals surface area contributed by atoms with Gasteiger partial charge in [-0.3, -0.25) is 4.79 Å². The van der Waals surface area contributed by atoms with Crippen LogP contribution in [-0.2, 0) is 54.1 Å². The molecular weight excluding hydrogens is 808 g/mol. The number of hydrogen-bond donors (Lipinski definition) is 1. The lowest BCUT2D eigenvalue weighted by molar-refractivity contribution is -0.328. The molecule has 3 aromatic carbocycles. The van der Waals surface area contributed by atoms with Gasteiger partial charge in [0.05, 0.1) is 37.6 Å². The molecular formula is C46H54O16. The van der Waals surface area contributed by atoms with Gasteiger partial charge in [0.15, 0.2) is 0 Å². The minimum Gasteiger partial charge on any atom is -0.493 e. The zero-order valence-corrected chi connectivity index (χ0v) is 35.0. The number of ether oxygens (including phenoxy) is 11. The molecule has 0 amide bonds. The van der Waals surface area contributed by atoms with Crippen molar-refractivity contribution in [2.75, 3.05) is 53.2 Å². The minimum atomic E-state index is -0.698. The molecule has 6 rings (SSSR count). The van der Waals surface area contributed by atoms with Crippen molar-refractivity contribution in [2.45, 2.75) is 89.0 Å². The van der Waals surface area contributed by atoms with Crippen molar-refractivity contribution in [3.05, 3.63) is 95.1 Å². The van der Waals surface area contributed by atoms with Gasteiger partial charge in [0.1, 0.15) is 74.1 Å². The first-order chi connectivity index (χ1) is 30.1. The quantitative estimate of drug-likeness (QED) is 0.0398. The Bertz CT molecular complexity index is 1960. The normalized spacial score (nSPS) is 21.7. The maximum absolute atomic E-state index is 12.9. The second-order valence-electron chi connectivity index (χ2n) is 15.3. The topological polar surface area (TPSA) is 193 Å². The number of benzene rings is 3. The number of unbranched alkanes of at least 4 members (excludes halogenated alkanes) is 5. The molecule has 0 saturated carbocycles. The molecule has 62 heavy (non-hydrogen) atoms. The van der Waals surface area contributed by atoms with Crippen molar-refractivity contribution in [1.29, 1.82) is 0 Å². The van der Waals surface area contributed by atoms with E-state index in [0.717, 1.165) is 51.7 Å². The summed E-state index contributed by atoms with van der Waals surface area (Å²) in [5.74, 6) is -1.24. The van der Waals surface area contributed by atoms with Crippen molar-refractivity contribution < 1.29 is 76.4 Å². The molecule has 3 aliphatic heterocycles. The molecule has 3 saturated heterocycles. The van der Waals surface area contributed by atoms with Crippen LogP contribution in [0.4, 0.5) is 0 Å². The lowest BCUT2D eigenvalue weighted by Gasteiger charge is -2.43. The molecule has 16 nitrogen and oxygen atoms in total. The van der Waals surface area contributed by atoms with Crippen LogP contribution in [-0.4, -0.2) is 112 Å². The predicted octanol–water partition coefficient (Wildman–Crippen LogP) is 5.74. The van der Waals surface area contributed by atoms with E-state index < -0.39 is 48.3 Å². The van der Waals surface area contributed by atoms with Crippen LogP contribution in [0, 0.1) is 0 Å². The maximum atomic E-state index is 12.9. The average Bonchev–Trinajstić information content (AvgIpc) is 4.02. The summed E-state index contributed by atoms with van der Waals surface area (Å²) < 4.78 is 61.1.